The van der Waals surface area contributed by atoms with E-state index in [1.807, 2.05) is 12.1 Å². The Morgan fingerprint density at radius 3 is 1.73 bits per heavy atom. The predicted molar refractivity (Wildman–Crippen MR) is 261 cm³/mol. The lowest BCUT2D eigenvalue weighted by atomic mass is 9.96. The third-order valence-electron chi connectivity index (χ3n) is 11.1. The van der Waals surface area contributed by atoms with Crippen molar-refractivity contribution in [3.8, 4) is 23.0 Å². The fourth-order valence-electron chi connectivity index (χ4n) is 7.40. The second-order valence-electron chi connectivity index (χ2n) is 16.6. The number of allylic oxidation sites excluding steroid dienone is 1. The lowest BCUT2D eigenvalue weighted by Gasteiger charge is -2.45. The van der Waals surface area contributed by atoms with Crippen LogP contribution >= 0.6 is 11.8 Å². The number of methoxy groups -OCH3 is 4. The molecule has 0 saturated carbocycles. The summed E-state index contributed by atoms with van der Waals surface area (Å²) in [5, 5.41) is 79.6. The molecule has 2 saturated heterocycles. The van der Waals surface area contributed by atoms with Crippen molar-refractivity contribution in [2.24, 2.45) is 0 Å². The standard InChI is InChI=1S/C48H71N3O23S/c1-60-26-68-34-15-30(16-35(20-34)69-27-61-2)5-6-33(54)19-40(31-17-36(70-28-62-3)21-37(18-31)71-29-63-4)75-14-13-66-10-9-64-7-8-65-11-12-67-25-32-22-51(50-49-32)47-44(58)43(57)46(39(24-53)72-47)74-48-45(59)42(56)41(55)38(23-52)73-48/h5-6,15-18,20-22,38-48,52-53,55-59H,7-14,19,23-29H2,1-4H3/b6-5+/t38-,39-,40?,41-,42+,43-,44-,45-,46-,47-,48-/m1/s1. The van der Waals surface area contributed by atoms with E-state index in [2.05, 4.69) is 10.3 Å². The van der Waals surface area contributed by atoms with Gasteiger partial charge in [0.15, 0.2) is 45.5 Å². The fraction of sp³-hybridized carbons (Fsp3) is 0.646. The zero-order valence-electron chi connectivity index (χ0n) is 42.3. The third kappa shape index (κ3) is 20.0. The van der Waals surface area contributed by atoms with Crippen LogP contribution in [0.2, 0.25) is 0 Å². The van der Waals surface area contributed by atoms with Crippen molar-refractivity contribution in [1.82, 2.24) is 15.0 Å². The van der Waals surface area contributed by atoms with Crippen LogP contribution in [0.15, 0.2) is 48.7 Å². The second kappa shape index (κ2) is 33.9. The first kappa shape index (κ1) is 61.7. The van der Waals surface area contributed by atoms with Gasteiger partial charge in [-0.3, -0.25) is 4.79 Å². The molecule has 0 bridgehead atoms. The van der Waals surface area contributed by atoms with E-state index in [-0.39, 0.29) is 64.4 Å². The maximum Gasteiger partial charge on any atom is 0.188 e. The van der Waals surface area contributed by atoms with Crippen LogP contribution in [-0.2, 0) is 63.5 Å². The van der Waals surface area contributed by atoms with Gasteiger partial charge in [-0.25, -0.2) is 4.68 Å². The maximum absolute atomic E-state index is 13.6. The predicted octanol–water partition coefficient (Wildman–Crippen LogP) is -0.281. The highest BCUT2D eigenvalue weighted by Gasteiger charge is 2.51. The molecule has 422 valence electrons. The summed E-state index contributed by atoms with van der Waals surface area (Å²) in [7, 11) is 6.07. The zero-order chi connectivity index (χ0) is 54.0. The number of thioether (sulfide) groups is 1. The second-order valence-corrected chi connectivity index (χ2v) is 18.0. The van der Waals surface area contributed by atoms with Gasteiger partial charge in [0.05, 0.1) is 72.3 Å². The molecule has 1 unspecified atom stereocenters. The molecule has 26 nitrogen and oxygen atoms in total. The Labute approximate surface area is 438 Å². The van der Waals surface area contributed by atoms with Gasteiger partial charge in [0.1, 0.15) is 77.5 Å². The monoisotopic (exact) mass is 1090 g/mol. The van der Waals surface area contributed by atoms with Crippen LogP contribution in [-0.4, -0.2) is 232 Å². The molecule has 5 rings (SSSR count). The van der Waals surface area contributed by atoms with E-state index in [4.69, 9.17) is 71.1 Å². The van der Waals surface area contributed by atoms with Crippen molar-refractivity contribution in [2.75, 3.05) is 121 Å². The molecule has 75 heavy (non-hydrogen) atoms. The van der Waals surface area contributed by atoms with Gasteiger partial charge in [-0.05, 0) is 41.5 Å². The normalized spacial score (nSPS) is 24.4. The molecule has 2 aromatic carbocycles. The number of nitrogens with zero attached hydrogens (tertiary/aromatic N) is 3. The smallest absolute Gasteiger partial charge is 0.188 e. The van der Waals surface area contributed by atoms with Crippen LogP contribution < -0.4 is 18.9 Å². The number of ketones is 1. The molecule has 0 spiro atoms. The van der Waals surface area contributed by atoms with Gasteiger partial charge in [-0.1, -0.05) is 11.3 Å². The number of benzene rings is 2. The molecule has 27 heteroatoms. The molecule has 2 aliphatic rings. The quantitative estimate of drug-likeness (QED) is 0.0222. The average Bonchev–Trinajstić information content (AvgIpc) is 3.90. The number of ether oxygens (including phenoxy) is 15. The lowest BCUT2D eigenvalue weighted by Crippen LogP contribution is -2.63. The summed E-state index contributed by atoms with van der Waals surface area (Å²) in [4.78, 5) is 13.6. The summed E-state index contributed by atoms with van der Waals surface area (Å²) in [5.41, 5.74) is 1.83. The number of rotatable bonds is 37. The number of hydrogen-bond acceptors (Lipinski definition) is 26. The molecule has 0 amide bonds. The van der Waals surface area contributed by atoms with Crippen LogP contribution in [0.3, 0.4) is 0 Å². The fourth-order valence-corrected chi connectivity index (χ4v) is 8.51. The molecular formula is C48H71N3O23S. The van der Waals surface area contributed by atoms with Crippen LogP contribution in [0.1, 0.15) is 34.7 Å². The average molecular weight is 1090 g/mol. The van der Waals surface area contributed by atoms with Gasteiger partial charge in [0.2, 0.25) is 0 Å². The first-order valence-corrected chi connectivity index (χ1v) is 24.9. The van der Waals surface area contributed by atoms with Gasteiger partial charge in [0.25, 0.3) is 0 Å². The molecule has 1 aromatic heterocycles. The van der Waals surface area contributed by atoms with E-state index in [9.17, 15) is 40.5 Å². The summed E-state index contributed by atoms with van der Waals surface area (Å²) in [6, 6.07) is 10.6. The summed E-state index contributed by atoms with van der Waals surface area (Å²) in [6.07, 6.45) is -10.8. The SMILES string of the molecule is COCOc1cc(/C=C/C(=O)CC(SCCOCCOCCOCCOCc2cn([C@@H]3O[C@H](CO)[C@@H](O[C@H]4O[C@H](CO)[C@@H](O)[C@H](O)[C@H]4O)[C@H](O)[C@H]3O)nn2)c2cc(OCOC)cc(OCOC)c2)cc(OCOC)c1. The molecule has 3 heterocycles. The highest BCUT2D eigenvalue weighted by Crippen LogP contribution is 2.38. The molecule has 11 atom stereocenters. The van der Waals surface area contributed by atoms with Gasteiger partial charge >= 0.3 is 0 Å². The van der Waals surface area contributed by atoms with Crippen LogP contribution in [0.5, 0.6) is 23.0 Å². The highest BCUT2D eigenvalue weighted by atomic mass is 32.2. The largest absolute Gasteiger partial charge is 0.467 e. The Kier molecular flexibility index (Phi) is 27.8. The van der Waals surface area contributed by atoms with Crippen LogP contribution in [0.25, 0.3) is 6.08 Å². The summed E-state index contributed by atoms with van der Waals surface area (Å²) in [6.45, 7) is 0.791. The van der Waals surface area contributed by atoms with Crippen molar-refractivity contribution < 1.29 is 112 Å². The van der Waals surface area contributed by atoms with Crippen molar-refractivity contribution in [3.05, 3.63) is 65.5 Å². The number of aliphatic hydroxyl groups excluding tert-OH is 7. The molecule has 2 aliphatic heterocycles. The van der Waals surface area contributed by atoms with E-state index >= 15 is 0 Å². The molecular weight excluding hydrogens is 1020 g/mol. The van der Waals surface area contributed by atoms with Crippen molar-refractivity contribution in [1.29, 1.82) is 0 Å². The van der Waals surface area contributed by atoms with Gasteiger partial charge < -0.3 is 107 Å². The van der Waals surface area contributed by atoms with E-state index in [0.717, 1.165) is 10.2 Å². The van der Waals surface area contributed by atoms with E-state index in [0.29, 0.717) is 73.0 Å². The van der Waals surface area contributed by atoms with Crippen molar-refractivity contribution >= 4 is 23.6 Å². The van der Waals surface area contributed by atoms with Gasteiger partial charge in [-0.2, -0.15) is 11.8 Å². The van der Waals surface area contributed by atoms with Gasteiger partial charge in [-0.15, -0.1) is 5.10 Å². The Morgan fingerprint density at radius 2 is 1.19 bits per heavy atom. The maximum atomic E-state index is 13.6. The summed E-state index contributed by atoms with van der Waals surface area (Å²) in [5.74, 6) is 2.39. The zero-order valence-corrected chi connectivity index (χ0v) is 43.1. The first-order valence-electron chi connectivity index (χ1n) is 23.8. The highest BCUT2D eigenvalue weighted by molar-refractivity contribution is 7.99. The Hall–Kier alpha value is -4.18. The molecule has 7 N–H and O–H groups in total. The van der Waals surface area contributed by atoms with Crippen LogP contribution in [0, 0.1) is 0 Å². The summed E-state index contributed by atoms with van der Waals surface area (Å²) < 4.78 is 83.7. The van der Waals surface area contributed by atoms with E-state index in [1.54, 1.807) is 42.1 Å². The molecule has 0 radical (unpaired) electrons. The number of carbonyl (C=O) groups excluding carboxylic acids is 1. The molecule has 0 aliphatic carbocycles. The number of aromatic nitrogens is 3. The Bertz CT molecular complexity index is 2050. The number of hydrogen-bond donors (Lipinski definition) is 7. The Balaban J connectivity index is 1.01. The van der Waals surface area contributed by atoms with Crippen LogP contribution in [0.4, 0.5) is 0 Å². The molecule has 3 aromatic rings. The van der Waals surface area contributed by atoms with Gasteiger partial charge in [0, 0.05) is 58.0 Å². The topological polar surface area (TPSA) is 328 Å². The first-order chi connectivity index (χ1) is 36.4. The van der Waals surface area contributed by atoms with Crippen molar-refractivity contribution in [2.45, 2.75) is 79.6 Å². The number of carbonyl (C=O) groups is 1. The van der Waals surface area contributed by atoms with E-state index in [1.165, 1.54) is 40.7 Å². The molecule has 2 fully saturated rings. The lowest BCUT2D eigenvalue weighted by molar-refractivity contribution is -0.347. The minimum Gasteiger partial charge on any atom is -0.467 e. The van der Waals surface area contributed by atoms with Crippen molar-refractivity contribution in [3.63, 3.8) is 0 Å². The minimum atomic E-state index is -1.79. The number of aliphatic hydroxyl groups is 7. The van der Waals surface area contributed by atoms with E-state index < -0.39 is 74.6 Å². The Morgan fingerprint density at radius 1 is 0.653 bits per heavy atom. The third-order valence-corrected chi connectivity index (χ3v) is 12.4. The minimum absolute atomic E-state index is 0.0118. The summed E-state index contributed by atoms with van der Waals surface area (Å²) >= 11 is 1.54.